The number of aromatic amines is 1. The molecule has 0 aliphatic carbocycles. The first-order chi connectivity index (χ1) is 15.4. The Hall–Kier alpha value is -2.64. The van der Waals surface area contributed by atoms with Gasteiger partial charge in [-0.1, -0.05) is 18.2 Å². The number of carbonyl (C=O) groups excluding carboxylic acids is 1. The van der Waals surface area contributed by atoms with Crippen LogP contribution in [0.4, 0.5) is 5.82 Å². The molecule has 8 heteroatoms. The van der Waals surface area contributed by atoms with Crippen LogP contribution < -0.4 is 4.90 Å². The number of nitrogens with zero attached hydrogens (tertiary/aromatic N) is 4. The molecule has 0 saturated carbocycles. The van der Waals surface area contributed by atoms with Crippen molar-refractivity contribution in [2.45, 2.75) is 39.9 Å². The Morgan fingerprint density at radius 3 is 2.88 bits per heavy atom. The zero-order chi connectivity index (χ0) is 22.5. The van der Waals surface area contributed by atoms with Gasteiger partial charge in [-0.05, 0) is 26.8 Å². The Kier molecular flexibility index (Phi) is 5.34. The van der Waals surface area contributed by atoms with Crippen molar-refractivity contribution in [3.63, 3.8) is 0 Å². The van der Waals surface area contributed by atoms with Crippen LogP contribution >= 0.6 is 11.6 Å². The van der Waals surface area contributed by atoms with Crippen LogP contribution in [0.25, 0.3) is 22.3 Å². The summed E-state index contributed by atoms with van der Waals surface area (Å²) in [5.74, 6) is 1.91. The molecule has 1 amide bonds. The summed E-state index contributed by atoms with van der Waals surface area (Å²) >= 11 is 6.10. The first-order valence-electron chi connectivity index (χ1n) is 11.0. The molecular formula is C24H28ClN5O2. The van der Waals surface area contributed by atoms with Crippen LogP contribution in [0.5, 0.6) is 0 Å². The van der Waals surface area contributed by atoms with Crippen LogP contribution in [0.15, 0.2) is 30.5 Å². The maximum Gasteiger partial charge on any atom is 0.230 e. The molecule has 1 N–H and O–H groups in total. The highest BCUT2D eigenvalue weighted by Crippen LogP contribution is 2.36. The first-order valence-corrected chi connectivity index (χ1v) is 11.6. The number of ether oxygens (including phenoxy) is 1. The van der Waals surface area contributed by atoms with E-state index in [9.17, 15) is 4.79 Å². The Morgan fingerprint density at radius 2 is 2.09 bits per heavy atom. The number of alkyl halides is 1. The van der Waals surface area contributed by atoms with E-state index in [0.717, 1.165) is 40.1 Å². The fraction of sp³-hybridized carbons (Fsp3) is 0.458. The van der Waals surface area contributed by atoms with E-state index < -0.39 is 5.41 Å². The molecule has 3 aromatic rings. The number of amides is 1. The highest BCUT2D eigenvalue weighted by atomic mass is 35.5. The number of aromatic nitrogens is 3. The smallest absolute Gasteiger partial charge is 0.230 e. The van der Waals surface area contributed by atoms with Crippen LogP contribution in [-0.4, -0.2) is 57.4 Å². The summed E-state index contributed by atoms with van der Waals surface area (Å²) in [6, 6.07) is 8.35. The second-order valence-corrected chi connectivity index (χ2v) is 9.61. The van der Waals surface area contributed by atoms with Crippen molar-refractivity contribution in [3.05, 3.63) is 41.7 Å². The number of hydrogen-bond donors (Lipinski definition) is 1. The first kappa shape index (κ1) is 21.2. The van der Waals surface area contributed by atoms with Gasteiger partial charge in [0.1, 0.15) is 5.82 Å². The number of benzene rings is 1. The van der Waals surface area contributed by atoms with E-state index in [0.29, 0.717) is 32.1 Å². The number of nitrogens with one attached hydrogen (secondary N) is 1. The highest BCUT2D eigenvalue weighted by molar-refractivity contribution is 6.19. The van der Waals surface area contributed by atoms with Gasteiger partial charge in [-0.2, -0.15) is 0 Å². The summed E-state index contributed by atoms with van der Waals surface area (Å²) in [6.45, 7) is 8.97. The number of morpholine rings is 1. The van der Waals surface area contributed by atoms with Gasteiger partial charge in [-0.3, -0.25) is 4.79 Å². The second kappa shape index (κ2) is 8.05. The van der Waals surface area contributed by atoms with Crippen LogP contribution in [0, 0.1) is 5.41 Å². The Labute approximate surface area is 192 Å². The average molecular weight is 454 g/mol. The minimum Gasteiger partial charge on any atom is -0.377 e. The maximum atomic E-state index is 13.2. The molecule has 0 unspecified atom stereocenters. The third kappa shape index (κ3) is 3.53. The summed E-state index contributed by atoms with van der Waals surface area (Å²) in [6.07, 6.45) is 1.97. The lowest BCUT2D eigenvalue weighted by molar-refractivity contribution is -0.139. The number of para-hydroxylation sites is 1. The SMILES string of the molecule is C[C@@H]1COCCN1c1nc(-c2c[nH]c3ccccc23)nc2c1CN(C(=O)C(C)(C)CCl)C2. The molecule has 2 aliphatic rings. The minimum absolute atomic E-state index is 0.0418. The Bertz CT molecular complexity index is 1170. The summed E-state index contributed by atoms with van der Waals surface area (Å²) in [5.41, 5.74) is 3.34. The fourth-order valence-electron chi connectivity index (χ4n) is 4.52. The van der Waals surface area contributed by atoms with Crippen molar-refractivity contribution in [2.75, 3.05) is 30.5 Å². The molecular weight excluding hydrogens is 426 g/mol. The van der Waals surface area contributed by atoms with Gasteiger partial charge < -0.3 is 19.5 Å². The predicted octanol–water partition coefficient (Wildman–Crippen LogP) is 3.96. The molecule has 1 fully saturated rings. The maximum absolute atomic E-state index is 13.2. The molecule has 0 spiro atoms. The number of carbonyl (C=O) groups is 1. The quantitative estimate of drug-likeness (QED) is 0.605. The van der Waals surface area contributed by atoms with E-state index in [1.54, 1.807) is 0 Å². The lowest BCUT2D eigenvalue weighted by Crippen LogP contribution is -2.45. The molecule has 4 heterocycles. The van der Waals surface area contributed by atoms with Gasteiger partial charge in [0, 0.05) is 40.7 Å². The van der Waals surface area contributed by atoms with Crippen molar-refractivity contribution in [2.24, 2.45) is 5.41 Å². The Balaban J connectivity index is 1.61. The van der Waals surface area contributed by atoms with Crippen molar-refractivity contribution in [1.29, 1.82) is 0 Å². The van der Waals surface area contributed by atoms with Crippen molar-refractivity contribution in [3.8, 4) is 11.4 Å². The molecule has 1 aromatic carbocycles. The van der Waals surface area contributed by atoms with E-state index in [-0.39, 0.29) is 17.8 Å². The molecule has 7 nitrogen and oxygen atoms in total. The third-order valence-corrected chi connectivity index (χ3v) is 7.10. The van der Waals surface area contributed by atoms with Crippen LogP contribution in [0.3, 0.4) is 0 Å². The molecule has 5 rings (SSSR count). The van der Waals surface area contributed by atoms with E-state index >= 15 is 0 Å². The summed E-state index contributed by atoms with van der Waals surface area (Å²) in [4.78, 5) is 30.7. The summed E-state index contributed by atoms with van der Waals surface area (Å²) in [7, 11) is 0. The van der Waals surface area contributed by atoms with Gasteiger partial charge in [0.15, 0.2) is 5.82 Å². The number of halogens is 1. The monoisotopic (exact) mass is 453 g/mol. The van der Waals surface area contributed by atoms with Gasteiger partial charge in [-0.25, -0.2) is 9.97 Å². The summed E-state index contributed by atoms with van der Waals surface area (Å²) < 4.78 is 5.66. The van der Waals surface area contributed by atoms with Gasteiger partial charge in [0.25, 0.3) is 0 Å². The molecule has 32 heavy (non-hydrogen) atoms. The minimum atomic E-state index is -0.622. The lowest BCUT2D eigenvalue weighted by Gasteiger charge is -2.35. The van der Waals surface area contributed by atoms with E-state index in [2.05, 4.69) is 22.9 Å². The van der Waals surface area contributed by atoms with Crippen molar-refractivity contribution < 1.29 is 9.53 Å². The third-order valence-electron chi connectivity index (χ3n) is 6.43. The average Bonchev–Trinajstić information content (AvgIpc) is 3.42. The normalized spacial score (nSPS) is 18.9. The van der Waals surface area contributed by atoms with E-state index in [1.165, 1.54) is 0 Å². The van der Waals surface area contributed by atoms with Gasteiger partial charge >= 0.3 is 0 Å². The fourth-order valence-corrected chi connectivity index (χ4v) is 4.64. The Morgan fingerprint density at radius 1 is 1.28 bits per heavy atom. The number of H-pyrrole nitrogens is 1. The number of hydrogen-bond acceptors (Lipinski definition) is 5. The zero-order valence-corrected chi connectivity index (χ0v) is 19.4. The molecule has 1 atom stereocenters. The van der Waals surface area contributed by atoms with Gasteiger partial charge in [-0.15, -0.1) is 11.6 Å². The molecule has 2 aliphatic heterocycles. The number of anilines is 1. The summed E-state index contributed by atoms with van der Waals surface area (Å²) in [5, 5.41) is 1.09. The highest BCUT2D eigenvalue weighted by Gasteiger charge is 2.38. The van der Waals surface area contributed by atoms with Crippen molar-refractivity contribution in [1.82, 2.24) is 19.9 Å². The molecule has 0 radical (unpaired) electrons. The molecule has 0 bridgehead atoms. The zero-order valence-electron chi connectivity index (χ0n) is 18.7. The van der Waals surface area contributed by atoms with Crippen LogP contribution in [0.1, 0.15) is 32.0 Å². The standard InChI is InChI=1S/C24H28ClN5O2/c1-15-13-32-9-8-30(15)22-18-11-29(23(31)24(2,3)14-25)12-20(18)27-21(28-22)17-10-26-19-7-5-4-6-16(17)19/h4-7,10,15,26H,8-9,11-14H2,1-3H3/t15-/m1/s1. The topological polar surface area (TPSA) is 74.3 Å². The second-order valence-electron chi connectivity index (χ2n) is 9.34. The number of rotatable bonds is 4. The predicted molar refractivity (Wildman–Crippen MR) is 126 cm³/mol. The molecule has 168 valence electrons. The number of fused-ring (bicyclic) bond motifs is 2. The largest absolute Gasteiger partial charge is 0.377 e. The molecule has 1 saturated heterocycles. The van der Waals surface area contributed by atoms with Crippen LogP contribution in [-0.2, 0) is 22.6 Å². The lowest BCUT2D eigenvalue weighted by atomic mass is 9.94. The van der Waals surface area contributed by atoms with E-state index in [1.807, 2.05) is 43.1 Å². The van der Waals surface area contributed by atoms with Crippen LogP contribution in [0.2, 0.25) is 0 Å². The van der Waals surface area contributed by atoms with Gasteiger partial charge in [0.2, 0.25) is 5.91 Å². The van der Waals surface area contributed by atoms with Crippen molar-refractivity contribution >= 4 is 34.2 Å². The van der Waals surface area contributed by atoms with Gasteiger partial charge in [0.05, 0.1) is 43.5 Å². The molecule has 2 aromatic heterocycles. The van der Waals surface area contributed by atoms with E-state index in [4.69, 9.17) is 26.3 Å².